The quantitative estimate of drug-likeness (QED) is 0.122. The van der Waals surface area contributed by atoms with Gasteiger partial charge in [0.05, 0.1) is 18.2 Å². The predicted molar refractivity (Wildman–Crippen MR) is 174 cm³/mol. The van der Waals surface area contributed by atoms with Gasteiger partial charge in [0, 0.05) is 29.0 Å². The van der Waals surface area contributed by atoms with Gasteiger partial charge in [-0.1, -0.05) is 64.4 Å². The van der Waals surface area contributed by atoms with Crippen LogP contribution in [0.1, 0.15) is 111 Å². The van der Waals surface area contributed by atoms with Gasteiger partial charge in [-0.15, -0.1) is 0 Å². The van der Waals surface area contributed by atoms with E-state index in [1.807, 2.05) is 25.1 Å². The SMILES string of the molecule is CCCCC(C(O)c1ccc(C(=O)OC(C)(C)C)cc1C(=O)N1Cc2ccccc2CC1CO[Si](C)(C)C(C)(C)C)[N+](=O)[O-]. The Kier molecular flexibility index (Phi) is 11.2. The number of fused-ring (bicyclic) bond motifs is 1. The summed E-state index contributed by atoms with van der Waals surface area (Å²) in [5.74, 6) is -1.04. The molecule has 3 rings (SSSR count). The van der Waals surface area contributed by atoms with Crippen LogP contribution in [0.25, 0.3) is 0 Å². The lowest BCUT2D eigenvalue weighted by Crippen LogP contribution is -2.50. The number of hydrogen-bond acceptors (Lipinski definition) is 7. The van der Waals surface area contributed by atoms with Crippen molar-refractivity contribution < 1.29 is 28.8 Å². The van der Waals surface area contributed by atoms with Crippen LogP contribution in [0.3, 0.4) is 0 Å². The van der Waals surface area contributed by atoms with Gasteiger partial charge in [0.25, 0.3) is 5.91 Å². The van der Waals surface area contributed by atoms with Gasteiger partial charge in [-0.25, -0.2) is 4.79 Å². The Labute approximate surface area is 263 Å². The fraction of sp³-hybridized carbons (Fsp3) is 0.588. The van der Waals surface area contributed by atoms with E-state index in [1.165, 1.54) is 18.2 Å². The van der Waals surface area contributed by atoms with Gasteiger partial charge in [-0.3, -0.25) is 14.9 Å². The minimum Gasteiger partial charge on any atom is -0.456 e. The minimum absolute atomic E-state index is 0.0243. The molecule has 0 aliphatic carbocycles. The maximum Gasteiger partial charge on any atom is 0.338 e. The van der Waals surface area contributed by atoms with E-state index in [4.69, 9.17) is 9.16 Å². The number of unbranched alkanes of at least 4 members (excludes halogenated alkanes) is 1. The molecule has 10 heteroatoms. The van der Waals surface area contributed by atoms with Crippen LogP contribution in [0.15, 0.2) is 42.5 Å². The molecule has 0 bridgehead atoms. The molecule has 9 nitrogen and oxygen atoms in total. The normalized spacial score (nSPS) is 17.0. The number of nitrogens with zero attached hydrogens (tertiary/aromatic N) is 2. The zero-order valence-electron chi connectivity index (χ0n) is 27.8. The second-order valence-electron chi connectivity index (χ2n) is 14.4. The molecule has 242 valence electrons. The Morgan fingerprint density at radius 2 is 1.73 bits per heavy atom. The fourth-order valence-electron chi connectivity index (χ4n) is 5.11. The third-order valence-corrected chi connectivity index (χ3v) is 13.3. The van der Waals surface area contributed by atoms with Gasteiger partial charge in [0.2, 0.25) is 6.04 Å². The number of rotatable bonds is 11. The Morgan fingerprint density at radius 1 is 1.09 bits per heavy atom. The molecular weight excluding hydrogens is 576 g/mol. The Bertz CT molecular complexity index is 1350. The van der Waals surface area contributed by atoms with Crippen LogP contribution in [0.4, 0.5) is 0 Å². The number of benzene rings is 2. The standard InChI is InChI=1S/C34H50N2O7Si/c1-10-11-16-29(36(40)41)30(37)27-18-17-24(32(39)43-33(2,3)4)20-28(27)31(38)35-21-25-15-13-12-14-23(25)19-26(35)22-42-44(8,9)34(5,6)7/h12-15,17-18,20,26,29-30,37H,10-11,16,19,21-22H2,1-9H3. The van der Waals surface area contributed by atoms with Gasteiger partial charge >= 0.3 is 5.97 Å². The molecule has 1 aliphatic rings. The molecular formula is C34H50N2O7Si. The molecule has 1 heterocycles. The molecule has 44 heavy (non-hydrogen) atoms. The summed E-state index contributed by atoms with van der Waals surface area (Å²) >= 11 is 0. The molecule has 0 aromatic heterocycles. The summed E-state index contributed by atoms with van der Waals surface area (Å²) in [5.41, 5.74) is 1.69. The molecule has 0 spiro atoms. The number of carbonyl (C=O) groups excluding carboxylic acids is 2. The van der Waals surface area contributed by atoms with Crippen LogP contribution < -0.4 is 0 Å². The number of aliphatic hydroxyl groups is 1. The summed E-state index contributed by atoms with van der Waals surface area (Å²) in [6.07, 6.45) is 0.476. The number of hydrogen-bond donors (Lipinski definition) is 1. The van der Waals surface area contributed by atoms with Crippen molar-refractivity contribution >= 4 is 20.2 Å². The molecule has 1 N–H and O–H groups in total. The first-order valence-corrected chi connectivity index (χ1v) is 18.5. The molecule has 2 aromatic carbocycles. The maximum absolute atomic E-state index is 14.6. The summed E-state index contributed by atoms with van der Waals surface area (Å²) < 4.78 is 12.2. The fourth-order valence-corrected chi connectivity index (χ4v) is 6.15. The first kappa shape index (κ1) is 35.4. The highest BCUT2D eigenvalue weighted by molar-refractivity contribution is 6.74. The van der Waals surface area contributed by atoms with Crippen molar-refractivity contribution in [2.24, 2.45) is 0 Å². The average molecular weight is 627 g/mol. The Balaban J connectivity index is 2.11. The van der Waals surface area contributed by atoms with Crippen LogP contribution >= 0.6 is 0 Å². The van der Waals surface area contributed by atoms with Crippen molar-refractivity contribution in [3.63, 3.8) is 0 Å². The molecule has 0 saturated carbocycles. The van der Waals surface area contributed by atoms with E-state index in [1.54, 1.807) is 25.7 Å². The van der Waals surface area contributed by atoms with Crippen LogP contribution in [-0.2, 0) is 22.1 Å². The van der Waals surface area contributed by atoms with Crippen LogP contribution in [0.5, 0.6) is 0 Å². The summed E-state index contributed by atoms with van der Waals surface area (Å²) in [5, 5.41) is 23.4. The predicted octanol–water partition coefficient (Wildman–Crippen LogP) is 7.10. The van der Waals surface area contributed by atoms with Crippen molar-refractivity contribution in [3.8, 4) is 0 Å². The summed E-state index contributed by atoms with van der Waals surface area (Å²) in [6.45, 7) is 18.7. The lowest BCUT2D eigenvalue weighted by Gasteiger charge is -2.41. The summed E-state index contributed by atoms with van der Waals surface area (Å²) in [6, 6.07) is 10.7. The van der Waals surface area contributed by atoms with E-state index in [-0.39, 0.29) is 34.2 Å². The topological polar surface area (TPSA) is 119 Å². The zero-order chi connectivity index (χ0) is 33.0. The number of esters is 1. The molecule has 2 aromatic rings. The lowest BCUT2D eigenvalue weighted by atomic mass is 9.90. The second-order valence-corrected chi connectivity index (χ2v) is 19.2. The third-order valence-electron chi connectivity index (χ3n) is 8.78. The minimum atomic E-state index is -2.15. The van der Waals surface area contributed by atoms with Gasteiger partial charge in [-0.2, -0.15) is 0 Å². The highest BCUT2D eigenvalue weighted by atomic mass is 28.4. The van der Waals surface area contributed by atoms with Crippen molar-refractivity contribution in [3.05, 3.63) is 80.4 Å². The van der Waals surface area contributed by atoms with E-state index in [9.17, 15) is 24.8 Å². The monoisotopic (exact) mass is 626 g/mol. The van der Waals surface area contributed by atoms with E-state index >= 15 is 0 Å². The lowest BCUT2D eigenvalue weighted by molar-refractivity contribution is -0.537. The van der Waals surface area contributed by atoms with Crippen molar-refractivity contribution in [1.82, 2.24) is 4.90 Å². The molecule has 1 aliphatic heterocycles. The molecule has 0 fully saturated rings. The number of carbonyl (C=O) groups is 2. The average Bonchev–Trinajstić information content (AvgIpc) is 2.93. The maximum atomic E-state index is 14.6. The van der Waals surface area contributed by atoms with Gasteiger partial charge in [0.1, 0.15) is 11.7 Å². The van der Waals surface area contributed by atoms with Crippen molar-refractivity contribution in [1.29, 1.82) is 0 Å². The van der Waals surface area contributed by atoms with Gasteiger partial charge < -0.3 is 19.2 Å². The molecule has 1 amide bonds. The summed E-state index contributed by atoms with van der Waals surface area (Å²) in [4.78, 5) is 41.0. The number of ether oxygens (including phenoxy) is 1. The number of aliphatic hydroxyl groups excluding tert-OH is 1. The first-order chi connectivity index (χ1) is 20.4. The largest absolute Gasteiger partial charge is 0.456 e. The van der Waals surface area contributed by atoms with Crippen molar-refractivity contribution in [2.45, 2.75) is 123 Å². The Morgan fingerprint density at radius 3 is 2.30 bits per heavy atom. The van der Waals surface area contributed by atoms with Gasteiger partial charge in [-0.05, 0) is 75.0 Å². The van der Waals surface area contributed by atoms with Crippen LogP contribution in [0, 0.1) is 10.1 Å². The van der Waals surface area contributed by atoms with E-state index in [0.29, 0.717) is 26.0 Å². The molecule has 0 radical (unpaired) electrons. The van der Waals surface area contributed by atoms with E-state index in [2.05, 4.69) is 39.9 Å². The zero-order valence-corrected chi connectivity index (χ0v) is 28.8. The molecule has 0 saturated heterocycles. The molecule has 3 unspecified atom stereocenters. The first-order valence-electron chi connectivity index (χ1n) is 15.6. The second kappa shape index (κ2) is 13.9. The van der Waals surface area contributed by atoms with Crippen LogP contribution in [-0.4, -0.2) is 59.4 Å². The van der Waals surface area contributed by atoms with E-state index < -0.39 is 42.9 Å². The third kappa shape index (κ3) is 8.55. The highest BCUT2D eigenvalue weighted by Crippen LogP contribution is 2.38. The number of nitro groups is 1. The molecule has 3 atom stereocenters. The smallest absolute Gasteiger partial charge is 0.338 e. The van der Waals surface area contributed by atoms with E-state index in [0.717, 1.165) is 17.5 Å². The van der Waals surface area contributed by atoms with Crippen LogP contribution in [0.2, 0.25) is 18.1 Å². The number of amides is 1. The van der Waals surface area contributed by atoms with Gasteiger partial charge in [0.15, 0.2) is 8.32 Å². The van der Waals surface area contributed by atoms with Crippen molar-refractivity contribution in [2.75, 3.05) is 6.61 Å². The highest BCUT2D eigenvalue weighted by Gasteiger charge is 2.41. The Hall–Kier alpha value is -3.08. The summed E-state index contributed by atoms with van der Waals surface area (Å²) in [7, 11) is -2.15.